The van der Waals surface area contributed by atoms with Crippen LogP contribution in [0.15, 0.2) is 12.2 Å². The first-order valence-corrected chi connectivity index (χ1v) is 6.98. The van der Waals surface area contributed by atoms with Gasteiger partial charge in [-0.1, -0.05) is 38.2 Å². The monoisotopic (exact) mass is 269 g/mol. The molecule has 0 saturated heterocycles. The number of methoxy groups -OCH3 is 1. The number of allylic oxidation sites excluding steroid dienone is 2. The van der Waals surface area contributed by atoms with E-state index in [2.05, 4.69) is 31.3 Å². The summed E-state index contributed by atoms with van der Waals surface area (Å²) in [6.45, 7) is 4.17. The first-order chi connectivity index (χ1) is 8.54. The molecular weight excluding hydrogens is 246 g/mol. The second kappa shape index (κ2) is 7.52. The number of hydrogen-bond acceptors (Lipinski definition) is 3. The number of carbonyl (C=O) groups is 1. The van der Waals surface area contributed by atoms with Crippen LogP contribution in [-0.4, -0.2) is 24.1 Å². The summed E-state index contributed by atoms with van der Waals surface area (Å²) in [7, 11) is 1.42. The van der Waals surface area contributed by atoms with E-state index >= 15 is 0 Å². The first kappa shape index (κ1) is 15.2. The van der Waals surface area contributed by atoms with Crippen LogP contribution >= 0.6 is 12.2 Å². The molecular formula is C14H23NO2S. The summed E-state index contributed by atoms with van der Waals surface area (Å²) in [4.78, 5) is 12.5. The number of hydrogen-bond donors (Lipinski definition) is 1. The Morgan fingerprint density at radius 1 is 1.50 bits per heavy atom. The highest BCUT2D eigenvalue weighted by Crippen LogP contribution is 2.20. The van der Waals surface area contributed by atoms with Gasteiger partial charge in [-0.05, 0) is 31.6 Å². The molecule has 18 heavy (non-hydrogen) atoms. The van der Waals surface area contributed by atoms with Gasteiger partial charge in [0.05, 0.1) is 12.1 Å². The molecule has 1 N–H and O–H groups in total. The molecule has 0 aromatic heterocycles. The Bertz CT molecular complexity index is 326. The fourth-order valence-corrected chi connectivity index (χ4v) is 2.51. The van der Waals surface area contributed by atoms with Gasteiger partial charge in [0.15, 0.2) is 0 Å². The van der Waals surface area contributed by atoms with Crippen molar-refractivity contribution in [1.82, 2.24) is 5.32 Å². The highest BCUT2D eigenvalue weighted by atomic mass is 32.1. The number of nitrogens with one attached hydrogen (secondary N) is 1. The Morgan fingerprint density at radius 2 is 2.22 bits per heavy atom. The van der Waals surface area contributed by atoms with E-state index in [0.29, 0.717) is 11.8 Å². The summed E-state index contributed by atoms with van der Waals surface area (Å²) >= 11 is 5.42. The normalized spacial score (nSPS) is 20.6. The predicted molar refractivity (Wildman–Crippen MR) is 77.5 cm³/mol. The van der Waals surface area contributed by atoms with Crippen molar-refractivity contribution in [3.8, 4) is 0 Å². The average Bonchev–Trinajstić information content (AvgIpc) is 2.37. The maximum Gasteiger partial charge on any atom is 0.328 e. The standard InChI is InChI=1S/C14H23NO2S/c1-10(2)9-12(14(16)17-3)15-13(18)11-7-5-4-6-8-11/h4-5,10-12H,6-9H2,1-3H3,(H,15,18)/t11?,12-/m0/s1. The first-order valence-electron chi connectivity index (χ1n) is 6.57. The Hall–Kier alpha value is -0.900. The number of ether oxygens (including phenoxy) is 1. The lowest BCUT2D eigenvalue weighted by Gasteiger charge is -2.25. The lowest BCUT2D eigenvalue weighted by molar-refractivity contribution is -0.143. The zero-order valence-corrected chi connectivity index (χ0v) is 12.3. The molecule has 0 saturated carbocycles. The van der Waals surface area contributed by atoms with Gasteiger partial charge in [0.1, 0.15) is 6.04 Å². The van der Waals surface area contributed by atoms with Crippen molar-refractivity contribution in [3.05, 3.63) is 12.2 Å². The fourth-order valence-electron chi connectivity index (χ4n) is 2.15. The third kappa shape index (κ3) is 4.77. The van der Waals surface area contributed by atoms with Gasteiger partial charge in [-0.2, -0.15) is 0 Å². The number of carbonyl (C=O) groups excluding carboxylic acids is 1. The Morgan fingerprint density at radius 3 is 2.72 bits per heavy atom. The smallest absolute Gasteiger partial charge is 0.328 e. The summed E-state index contributed by atoms with van der Waals surface area (Å²) in [5, 5.41) is 3.19. The SMILES string of the molecule is COC(=O)[C@H](CC(C)C)NC(=S)C1CC=CCC1. The Kier molecular flexibility index (Phi) is 6.33. The van der Waals surface area contributed by atoms with Gasteiger partial charge in [-0.15, -0.1) is 0 Å². The molecule has 0 radical (unpaired) electrons. The summed E-state index contributed by atoms with van der Waals surface area (Å²) in [5.41, 5.74) is 0. The molecule has 0 aromatic carbocycles. The molecule has 0 bridgehead atoms. The second-order valence-electron chi connectivity index (χ2n) is 5.20. The summed E-state index contributed by atoms with van der Waals surface area (Å²) < 4.78 is 4.83. The quantitative estimate of drug-likeness (QED) is 0.473. The Balaban J connectivity index is 2.56. The van der Waals surface area contributed by atoms with E-state index < -0.39 is 0 Å². The van der Waals surface area contributed by atoms with Crippen LogP contribution < -0.4 is 5.32 Å². The van der Waals surface area contributed by atoms with Crippen LogP contribution in [0.4, 0.5) is 0 Å². The van der Waals surface area contributed by atoms with E-state index in [-0.39, 0.29) is 12.0 Å². The van der Waals surface area contributed by atoms with E-state index in [4.69, 9.17) is 17.0 Å². The topological polar surface area (TPSA) is 38.3 Å². The van der Waals surface area contributed by atoms with Crippen LogP contribution in [0.25, 0.3) is 0 Å². The van der Waals surface area contributed by atoms with Crippen LogP contribution in [0.5, 0.6) is 0 Å². The highest BCUT2D eigenvalue weighted by molar-refractivity contribution is 7.80. The second-order valence-corrected chi connectivity index (χ2v) is 5.64. The molecule has 0 amide bonds. The molecule has 0 aromatic rings. The molecule has 1 aliphatic rings. The number of thiocarbonyl (C=S) groups is 1. The molecule has 0 spiro atoms. The summed E-state index contributed by atoms with van der Waals surface area (Å²) in [6, 6.07) is -0.312. The minimum absolute atomic E-state index is 0.225. The zero-order valence-electron chi connectivity index (χ0n) is 11.4. The van der Waals surface area contributed by atoms with Crippen molar-refractivity contribution in [3.63, 3.8) is 0 Å². The van der Waals surface area contributed by atoms with Crippen LogP contribution in [0.3, 0.4) is 0 Å². The molecule has 102 valence electrons. The largest absolute Gasteiger partial charge is 0.467 e. The van der Waals surface area contributed by atoms with E-state index in [1.165, 1.54) is 7.11 Å². The van der Waals surface area contributed by atoms with Crippen molar-refractivity contribution in [1.29, 1.82) is 0 Å². The number of esters is 1. The number of rotatable bonds is 5. The van der Waals surface area contributed by atoms with Gasteiger partial charge in [0.2, 0.25) is 0 Å². The molecule has 3 nitrogen and oxygen atoms in total. The highest BCUT2D eigenvalue weighted by Gasteiger charge is 2.24. The van der Waals surface area contributed by atoms with Crippen LogP contribution in [0, 0.1) is 11.8 Å². The summed E-state index contributed by atoms with van der Waals surface area (Å²) in [5.74, 6) is 0.567. The van der Waals surface area contributed by atoms with E-state index in [9.17, 15) is 4.79 Å². The van der Waals surface area contributed by atoms with Crippen LogP contribution in [-0.2, 0) is 9.53 Å². The van der Waals surface area contributed by atoms with Gasteiger partial charge in [0, 0.05) is 5.92 Å². The van der Waals surface area contributed by atoms with Gasteiger partial charge < -0.3 is 10.1 Å². The van der Waals surface area contributed by atoms with Crippen LogP contribution in [0.2, 0.25) is 0 Å². The van der Waals surface area contributed by atoms with Gasteiger partial charge in [0.25, 0.3) is 0 Å². The minimum Gasteiger partial charge on any atom is -0.467 e. The van der Waals surface area contributed by atoms with Gasteiger partial charge in [-0.3, -0.25) is 0 Å². The average molecular weight is 269 g/mol. The molecule has 0 heterocycles. The molecule has 1 aliphatic carbocycles. The van der Waals surface area contributed by atoms with Crippen molar-refractivity contribution in [2.24, 2.45) is 11.8 Å². The third-order valence-corrected chi connectivity index (χ3v) is 3.60. The lowest BCUT2D eigenvalue weighted by Crippen LogP contribution is -2.44. The third-order valence-electron chi connectivity index (χ3n) is 3.15. The van der Waals surface area contributed by atoms with E-state index in [1.54, 1.807) is 0 Å². The minimum atomic E-state index is -0.312. The molecule has 2 atom stereocenters. The maximum atomic E-state index is 11.7. The van der Waals surface area contributed by atoms with Gasteiger partial charge in [-0.25, -0.2) is 4.79 Å². The summed E-state index contributed by atoms with van der Waals surface area (Å²) in [6.07, 6.45) is 8.21. The Labute approximate surface area is 115 Å². The molecule has 1 unspecified atom stereocenters. The van der Waals surface area contributed by atoms with Crippen molar-refractivity contribution in [2.45, 2.75) is 45.6 Å². The van der Waals surface area contributed by atoms with E-state index in [1.807, 2.05) is 0 Å². The zero-order chi connectivity index (χ0) is 13.5. The fraction of sp³-hybridized carbons (Fsp3) is 0.714. The van der Waals surface area contributed by atoms with Crippen molar-refractivity contribution < 1.29 is 9.53 Å². The van der Waals surface area contributed by atoms with Crippen molar-refractivity contribution >= 4 is 23.2 Å². The van der Waals surface area contributed by atoms with Crippen molar-refractivity contribution in [2.75, 3.05) is 7.11 Å². The molecule has 0 aliphatic heterocycles. The lowest BCUT2D eigenvalue weighted by atomic mass is 9.93. The van der Waals surface area contributed by atoms with Gasteiger partial charge >= 0.3 is 5.97 Å². The molecule has 1 rings (SSSR count). The molecule has 4 heteroatoms. The predicted octanol–water partition coefficient (Wildman–Crippen LogP) is 2.85. The molecule has 0 fully saturated rings. The van der Waals surface area contributed by atoms with Crippen LogP contribution in [0.1, 0.15) is 39.5 Å². The maximum absolute atomic E-state index is 11.7. The van der Waals surface area contributed by atoms with E-state index in [0.717, 1.165) is 30.7 Å².